The molecule has 102 valence electrons. The molecular formula is C10H18N4O3S. The number of nitrogens with one attached hydrogen (secondary N) is 2. The Morgan fingerprint density at radius 1 is 1.50 bits per heavy atom. The van der Waals surface area contributed by atoms with Crippen molar-refractivity contribution in [2.75, 3.05) is 39.4 Å². The maximum Gasteiger partial charge on any atom is 0.243 e. The van der Waals surface area contributed by atoms with Crippen LogP contribution in [0.3, 0.4) is 0 Å². The van der Waals surface area contributed by atoms with Crippen LogP contribution in [-0.2, 0) is 14.8 Å². The number of hydrogen-bond acceptors (Lipinski definition) is 5. The molecule has 1 aliphatic rings. The molecule has 0 amide bonds. The Morgan fingerprint density at radius 3 is 2.83 bits per heavy atom. The second kappa shape index (κ2) is 5.79. The standard InChI is InChI=1S/C10H18N4O3S/c1-9-10(8-11-13-9)18(15,16)12-2-3-14-4-6-17-7-5-14/h8,12H,2-7H2,1H3,(H,11,13). The number of aromatic nitrogens is 2. The molecule has 1 aliphatic heterocycles. The van der Waals surface area contributed by atoms with Crippen LogP contribution in [0.25, 0.3) is 0 Å². The van der Waals surface area contributed by atoms with Crippen molar-refractivity contribution in [3.05, 3.63) is 11.9 Å². The highest BCUT2D eigenvalue weighted by Crippen LogP contribution is 2.10. The fourth-order valence-corrected chi connectivity index (χ4v) is 3.01. The number of H-pyrrole nitrogens is 1. The number of hydrogen-bond donors (Lipinski definition) is 2. The minimum atomic E-state index is -3.45. The summed E-state index contributed by atoms with van der Waals surface area (Å²) < 4.78 is 31.7. The monoisotopic (exact) mass is 274 g/mol. The third-order valence-corrected chi connectivity index (χ3v) is 4.47. The first-order valence-electron chi connectivity index (χ1n) is 5.89. The minimum Gasteiger partial charge on any atom is -0.379 e. The van der Waals surface area contributed by atoms with Gasteiger partial charge in [0.1, 0.15) is 4.90 Å². The number of sulfonamides is 1. The van der Waals surface area contributed by atoms with Gasteiger partial charge in [-0.2, -0.15) is 5.10 Å². The molecular weight excluding hydrogens is 256 g/mol. The number of morpholine rings is 1. The maximum absolute atomic E-state index is 11.9. The van der Waals surface area contributed by atoms with Crippen molar-refractivity contribution in [1.29, 1.82) is 0 Å². The fraction of sp³-hybridized carbons (Fsp3) is 0.700. The Morgan fingerprint density at radius 2 is 2.22 bits per heavy atom. The quantitative estimate of drug-likeness (QED) is 0.743. The summed E-state index contributed by atoms with van der Waals surface area (Å²) in [5, 5.41) is 6.33. The van der Waals surface area contributed by atoms with E-state index < -0.39 is 10.0 Å². The number of ether oxygens (including phenoxy) is 1. The molecule has 2 heterocycles. The third-order valence-electron chi connectivity index (χ3n) is 2.90. The molecule has 2 rings (SSSR count). The summed E-state index contributed by atoms with van der Waals surface area (Å²) in [5.74, 6) is 0. The van der Waals surface area contributed by atoms with Gasteiger partial charge in [-0.3, -0.25) is 10.00 Å². The second-order valence-electron chi connectivity index (χ2n) is 4.21. The summed E-state index contributed by atoms with van der Waals surface area (Å²) in [5.41, 5.74) is 0.550. The van der Waals surface area contributed by atoms with Crippen molar-refractivity contribution >= 4 is 10.0 Å². The Balaban J connectivity index is 1.84. The van der Waals surface area contributed by atoms with Crippen molar-refractivity contribution in [1.82, 2.24) is 19.8 Å². The van der Waals surface area contributed by atoms with Crippen LogP contribution >= 0.6 is 0 Å². The first kappa shape index (κ1) is 13.5. The van der Waals surface area contributed by atoms with E-state index in [-0.39, 0.29) is 4.90 Å². The van der Waals surface area contributed by atoms with Crippen LogP contribution in [-0.4, -0.2) is 62.9 Å². The molecule has 0 unspecified atom stereocenters. The van der Waals surface area contributed by atoms with Gasteiger partial charge in [-0.25, -0.2) is 13.1 Å². The molecule has 0 aromatic carbocycles. The lowest BCUT2D eigenvalue weighted by atomic mass is 10.4. The molecule has 1 fully saturated rings. The molecule has 18 heavy (non-hydrogen) atoms. The van der Waals surface area contributed by atoms with Crippen molar-refractivity contribution in [2.45, 2.75) is 11.8 Å². The van der Waals surface area contributed by atoms with Crippen LogP contribution in [0.4, 0.5) is 0 Å². The Hall–Kier alpha value is -0.960. The number of aromatic amines is 1. The maximum atomic E-state index is 11.9. The molecule has 0 aliphatic carbocycles. The summed E-state index contributed by atoms with van der Waals surface area (Å²) in [4.78, 5) is 2.39. The Kier molecular flexibility index (Phi) is 4.33. The number of aryl methyl sites for hydroxylation is 1. The molecule has 0 bridgehead atoms. The van der Waals surface area contributed by atoms with Gasteiger partial charge in [0.2, 0.25) is 10.0 Å². The Bertz CT molecular complexity index is 479. The lowest BCUT2D eigenvalue weighted by molar-refractivity contribution is 0.0390. The zero-order chi connectivity index (χ0) is 13.0. The van der Waals surface area contributed by atoms with E-state index in [1.54, 1.807) is 6.92 Å². The van der Waals surface area contributed by atoms with Crippen molar-refractivity contribution < 1.29 is 13.2 Å². The molecule has 0 radical (unpaired) electrons. The van der Waals surface area contributed by atoms with Gasteiger partial charge in [0.15, 0.2) is 0 Å². The van der Waals surface area contributed by atoms with Gasteiger partial charge in [-0.15, -0.1) is 0 Å². The van der Waals surface area contributed by atoms with Crippen LogP contribution in [0.2, 0.25) is 0 Å². The molecule has 1 saturated heterocycles. The van der Waals surface area contributed by atoms with Gasteiger partial charge in [0.05, 0.1) is 25.1 Å². The summed E-state index contributed by atoms with van der Waals surface area (Å²) in [6, 6.07) is 0. The third kappa shape index (κ3) is 3.29. The largest absolute Gasteiger partial charge is 0.379 e. The van der Waals surface area contributed by atoms with E-state index >= 15 is 0 Å². The lowest BCUT2D eigenvalue weighted by Crippen LogP contribution is -2.41. The topological polar surface area (TPSA) is 87.3 Å². The molecule has 0 spiro atoms. The van der Waals surface area contributed by atoms with Crippen LogP contribution in [0.5, 0.6) is 0 Å². The lowest BCUT2D eigenvalue weighted by Gasteiger charge is -2.26. The average molecular weight is 274 g/mol. The van der Waals surface area contributed by atoms with E-state index in [4.69, 9.17) is 4.74 Å². The van der Waals surface area contributed by atoms with Gasteiger partial charge in [0.25, 0.3) is 0 Å². The summed E-state index contributed by atoms with van der Waals surface area (Å²) in [6.45, 7) is 5.91. The van der Waals surface area contributed by atoms with E-state index in [0.717, 1.165) is 13.1 Å². The van der Waals surface area contributed by atoms with Crippen LogP contribution in [0.15, 0.2) is 11.1 Å². The molecule has 0 saturated carbocycles. The van der Waals surface area contributed by atoms with E-state index in [2.05, 4.69) is 19.8 Å². The molecule has 1 aromatic heterocycles. The number of nitrogens with zero attached hydrogens (tertiary/aromatic N) is 2. The van der Waals surface area contributed by atoms with Gasteiger partial charge >= 0.3 is 0 Å². The zero-order valence-electron chi connectivity index (χ0n) is 10.3. The molecule has 1 aromatic rings. The zero-order valence-corrected chi connectivity index (χ0v) is 11.2. The van der Waals surface area contributed by atoms with Crippen molar-refractivity contribution in [3.63, 3.8) is 0 Å². The van der Waals surface area contributed by atoms with Crippen LogP contribution in [0, 0.1) is 6.92 Å². The van der Waals surface area contributed by atoms with E-state index in [0.29, 0.717) is 32.0 Å². The first-order valence-corrected chi connectivity index (χ1v) is 7.37. The summed E-state index contributed by atoms with van der Waals surface area (Å²) >= 11 is 0. The van der Waals surface area contributed by atoms with Gasteiger partial charge in [-0.05, 0) is 6.92 Å². The predicted molar refractivity (Wildman–Crippen MR) is 65.8 cm³/mol. The van der Waals surface area contributed by atoms with Crippen molar-refractivity contribution in [3.8, 4) is 0 Å². The van der Waals surface area contributed by atoms with Gasteiger partial charge < -0.3 is 4.74 Å². The molecule has 7 nitrogen and oxygen atoms in total. The number of rotatable bonds is 5. The highest BCUT2D eigenvalue weighted by atomic mass is 32.2. The molecule has 2 N–H and O–H groups in total. The van der Waals surface area contributed by atoms with E-state index in [9.17, 15) is 8.42 Å². The normalized spacial score (nSPS) is 18.1. The van der Waals surface area contributed by atoms with Crippen LogP contribution < -0.4 is 4.72 Å². The Labute approximate surface area is 107 Å². The SMILES string of the molecule is Cc1[nH]ncc1S(=O)(=O)NCCN1CCOCC1. The first-order chi connectivity index (χ1) is 8.59. The predicted octanol–water partition coefficient (Wildman–Crippen LogP) is -0.671. The van der Waals surface area contributed by atoms with Gasteiger partial charge in [0, 0.05) is 26.2 Å². The fourth-order valence-electron chi connectivity index (χ4n) is 1.85. The average Bonchev–Trinajstić information content (AvgIpc) is 2.77. The molecule has 0 atom stereocenters. The molecule has 8 heteroatoms. The highest BCUT2D eigenvalue weighted by Gasteiger charge is 2.18. The second-order valence-corrected chi connectivity index (χ2v) is 5.95. The van der Waals surface area contributed by atoms with E-state index in [1.807, 2.05) is 0 Å². The summed E-state index contributed by atoms with van der Waals surface area (Å²) in [7, 11) is -3.45. The van der Waals surface area contributed by atoms with Crippen LogP contribution in [0.1, 0.15) is 5.69 Å². The van der Waals surface area contributed by atoms with Gasteiger partial charge in [-0.1, -0.05) is 0 Å². The van der Waals surface area contributed by atoms with Crippen molar-refractivity contribution in [2.24, 2.45) is 0 Å². The highest BCUT2D eigenvalue weighted by molar-refractivity contribution is 7.89. The smallest absolute Gasteiger partial charge is 0.243 e. The minimum absolute atomic E-state index is 0.212. The van der Waals surface area contributed by atoms with E-state index in [1.165, 1.54) is 6.20 Å². The summed E-state index contributed by atoms with van der Waals surface area (Å²) in [6.07, 6.45) is 1.33.